The van der Waals surface area contributed by atoms with Crippen LogP contribution in [0.3, 0.4) is 0 Å². The molecule has 0 aliphatic rings. The number of anilines is 1. The van der Waals surface area contributed by atoms with Gasteiger partial charge < -0.3 is 10.5 Å². The summed E-state index contributed by atoms with van der Waals surface area (Å²) in [5.41, 5.74) is 7.00. The number of nitrogens with one attached hydrogen (secondary N) is 1. The summed E-state index contributed by atoms with van der Waals surface area (Å²) in [4.78, 5) is 0.0615. The molecule has 2 rings (SSSR count). The number of benzene rings is 1. The Morgan fingerprint density at radius 3 is 2.76 bits per heavy atom. The van der Waals surface area contributed by atoms with Crippen LogP contribution in [0.25, 0.3) is 0 Å². The smallest absolute Gasteiger partial charge is 0.244 e. The minimum atomic E-state index is -3.71. The fourth-order valence-corrected chi connectivity index (χ4v) is 4.06. The maximum absolute atomic E-state index is 12.5. The Hall–Kier alpha value is -1.57. The molecule has 1 heterocycles. The van der Waals surface area contributed by atoms with E-state index in [0.717, 1.165) is 5.56 Å². The van der Waals surface area contributed by atoms with Crippen molar-refractivity contribution in [1.29, 1.82) is 0 Å². The predicted octanol–water partition coefficient (Wildman–Crippen LogP) is 2.77. The van der Waals surface area contributed by atoms with Gasteiger partial charge in [0.05, 0.1) is 6.61 Å². The van der Waals surface area contributed by atoms with Crippen LogP contribution in [0.2, 0.25) is 0 Å². The lowest BCUT2D eigenvalue weighted by Crippen LogP contribution is -2.27. The molecule has 2 aromatic rings. The first-order valence-electron chi connectivity index (χ1n) is 6.50. The maximum atomic E-state index is 12.5. The van der Waals surface area contributed by atoms with Crippen molar-refractivity contribution < 1.29 is 13.2 Å². The minimum absolute atomic E-state index is 0.0615. The summed E-state index contributed by atoms with van der Waals surface area (Å²) in [6.07, 6.45) is 0. The van der Waals surface area contributed by atoms with E-state index in [1.807, 2.05) is 16.8 Å². The molecule has 0 fully saturated rings. The van der Waals surface area contributed by atoms with Gasteiger partial charge in [0.1, 0.15) is 10.6 Å². The lowest BCUT2D eigenvalue weighted by Gasteiger charge is -2.16. The van der Waals surface area contributed by atoms with Gasteiger partial charge in [-0.15, -0.1) is 0 Å². The molecule has 5 nitrogen and oxygen atoms in total. The highest BCUT2D eigenvalue weighted by atomic mass is 32.2. The van der Waals surface area contributed by atoms with Crippen LogP contribution in [-0.2, 0) is 10.0 Å². The average Bonchev–Trinajstić information content (AvgIpc) is 2.94. The number of hydrogen-bond acceptors (Lipinski definition) is 5. The summed E-state index contributed by atoms with van der Waals surface area (Å²) in [6.45, 7) is 3.98. The second kappa shape index (κ2) is 6.46. The molecule has 0 aliphatic heterocycles. The van der Waals surface area contributed by atoms with E-state index in [2.05, 4.69) is 4.72 Å². The van der Waals surface area contributed by atoms with Crippen LogP contribution in [0.4, 0.5) is 5.69 Å². The number of nitrogen functional groups attached to an aromatic ring is 1. The number of ether oxygens (including phenoxy) is 1. The first kappa shape index (κ1) is 15.8. The molecule has 1 unspecified atom stereocenters. The Balaban J connectivity index is 2.33. The Labute approximate surface area is 128 Å². The van der Waals surface area contributed by atoms with Crippen molar-refractivity contribution in [3.05, 3.63) is 40.6 Å². The summed E-state index contributed by atoms with van der Waals surface area (Å²) in [7, 11) is -3.71. The van der Waals surface area contributed by atoms with Crippen molar-refractivity contribution in [2.45, 2.75) is 24.8 Å². The van der Waals surface area contributed by atoms with Crippen LogP contribution < -0.4 is 15.2 Å². The number of hydrogen-bond donors (Lipinski definition) is 2. The van der Waals surface area contributed by atoms with Gasteiger partial charge in [0.25, 0.3) is 0 Å². The van der Waals surface area contributed by atoms with Crippen LogP contribution in [0.1, 0.15) is 25.5 Å². The third-order valence-corrected chi connectivity index (χ3v) is 5.20. The second-order valence-electron chi connectivity index (χ2n) is 4.54. The summed E-state index contributed by atoms with van der Waals surface area (Å²) in [5, 5.41) is 3.82. The van der Waals surface area contributed by atoms with Crippen molar-refractivity contribution in [2.24, 2.45) is 0 Å². The van der Waals surface area contributed by atoms with Gasteiger partial charge in [0, 0.05) is 11.7 Å². The third-order valence-electron chi connectivity index (χ3n) is 2.93. The molecule has 3 N–H and O–H groups in total. The first-order chi connectivity index (χ1) is 9.94. The molecule has 0 bridgehead atoms. The number of rotatable bonds is 6. The van der Waals surface area contributed by atoms with Crippen LogP contribution in [0.15, 0.2) is 39.9 Å². The molecule has 0 radical (unpaired) electrons. The molecule has 0 saturated heterocycles. The first-order valence-corrected chi connectivity index (χ1v) is 8.93. The van der Waals surface area contributed by atoms with Gasteiger partial charge in [0.15, 0.2) is 0 Å². The van der Waals surface area contributed by atoms with Crippen LogP contribution in [0, 0.1) is 0 Å². The Morgan fingerprint density at radius 1 is 1.38 bits per heavy atom. The van der Waals surface area contributed by atoms with E-state index in [1.165, 1.54) is 17.4 Å². The molecule has 1 aromatic heterocycles. The quantitative estimate of drug-likeness (QED) is 0.800. The minimum Gasteiger partial charge on any atom is -0.492 e. The van der Waals surface area contributed by atoms with E-state index < -0.39 is 10.0 Å². The highest BCUT2D eigenvalue weighted by Gasteiger charge is 2.23. The van der Waals surface area contributed by atoms with E-state index in [1.54, 1.807) is 26.0 Å². The molecule has 7 heteroatoms. The molecule has 114 valence electrons. The Kier molecular flexibility index (Phi) is 4.87. The van der Waals surface area contributed by atoms with E-state index in [0.29, 0.717) is 18.0 Å². The molecule has 21 heavy (non-hydrogen) atoms. The van der Waals surface area contributed by atoms with Crippen molar-refractivity contribution in [3.63, 3.8) is 0 Å². The van der Waals surface area contributed by atoms with Gasteiger partial charge in [-0.1, -0.05) is 0 Å². The molecule has 0 saturated carbocycles. The van der Waals surface area contributed by atoms with Gasteiger partial charge in [0.2, 0.25) is 10.0 Å². The van der Waals surface area contributed by atoms with Gasteiger partial charge >= 0.3 is 0 Å². The van der Waals surface area contributed by atoms with E-state index in [-0.39, 0.29) is 10.9 Å². The van der Waals surface area contributed by atoms with Crippen LogP contribution >= 0.6 is 11.3 Å². The van der Waals surface area contributed by atoms with Crippen LogP contribution in [-0.4, -0.2) is 15.0 Å². The summed E-state index contributed by atoms with van der Waals surface area (Å²) in [5.74, 6) is 0.303. The lowest BCUT2D eigenvalue weighted by atomic mass is 10.2. The monoisotopic (exact) mass is 326 g/mol. The molecule has 0 amide bonds. The normalized spacial score (nSPS) is 13.0. The molecular formula is C14H18N2O3S2. The topological polar surface area (TPSA) is 81.4 Å². The van der Waals surface area contributed by atoms with Gasteiger partial charge in [-0.3, -0.25) is 0 Å². The highest BCUT2D eigenvalue weighted by Crippen LogP contribution is 2.28. The number of nitrogens with two attached hydrogens (primary N) is 1. The summed E-state index contributed by atoms with van der Waals surface area (Å²) in [6, 6.07) is 6.17. The molecular weight excluding hydrogens is 308 g/mol. The maximum Gasteiger partial charge on any atom is 0.244 e. The Bertz CT molecular complexity index is 697. The zero-order valence-electron chi connectivity index (χ0n) is 11.9. The number of sulfonamides is 1. The number of thiophene rings is 1. The largest absolute Gasteiger partial charge is 0.492 e. The molecule has 1 aromatic carbocycles. The highest BCUT2D eigenvalue weighted by molar-refractivity contribution is 7.89. The third kappa shape index (κ3) is 3.75. The van der Waals surface area contributed by atoms with E-state index in [4.69, 9.17) is 10.5 Å². The van der Waals surface area contributed by atoms with Crippen LogP contribution in [0.5, 0.6) is 5.75 Å². The predicted molar refractivity (Wildman–Crippen MR) is 85.1 cm³/mol. The zero-order chi connectivity index (χ0) is 15.5. The fraction of sp³-hybridized carbons (Fsp3) is 0.286. The molecule has 0 spiro atoms. The summed E-state index contributed by atoms with van der Waals surface area (Å²) >= 11 is 1.52. The zero-order valence-corrected chi connectivity index (χ0v) is 13.5. The average molecular weight is 326 g/mol. The Morgan fingerprint density at radius 2 is 2.14 bits per heavy atom. The summed E-state index contributed by atoms with van der Waals surface area (Å²) < 4.78 is 33.1. The van der Waals surface area contributed by atoms with Crippen molar-refractivity contribution in [3.8, 4) is 5.75 Å². The SMILES string of the molecule is CCOc1ccc(N)cc1S(=O)(=O)NC(C)c1ccsc1. The molecule has 0 aliphatic carbocycles. The van der Waals surface area contributed by atoms with Crippen molar-refractivity contribution in [2.75, 3.05) is 12.3 Å². The fourth-order valence-electron chi connectivity index (χ4n) is 1.90. The van der Waals surface area contributed by atoms with Gasteiger partial charge in [-0.2, -0.15) is 11.3 Å². The van der Waals surface area contributed by atoms with Gasteiger partial charge in [-0.25, -0.2) is 13.1 Å². The van der Waals surface area contributed by atoms with E-state index in [9.17, 15) is 8.42 Å². The molecule has 1 atom stereocenters. The second-order valence-corrected chi connectivity index (χ2v) is 7.00. The van der Waals surface area contributed by atoms with Crippen molar-refractivity contribution >= 4 is 27.0 Å². The van der Waals surface area contributed by atoms with E-state index >= 15 is 0 Å². The lowest BCUT2D eigenvalue weighted by molar-refractivity contribution is 0.331. The van der Waals surface area contributed by atoms with Gasteiger partial charge in [-0.05, 0) is 54.4 Å². The standard InChI is InChI=1S/C14H18N2O3S2/c1-3-19-13-5-4-12(15)8-14(13)21(17,18)16-10(2)11-6-7-20-9-11/h4-10,16H,3,15H2,1-2H3. The van der Waals surface area contributed by atoms with Crippen molar-refractivity contribution in [1.82, 2.24) is 4.72 Å².